The quantitative estimate of drug-likeness (QED) is 0.820. The SMILES string of the molecule is CNc1ncnc(NCCc2ccc(Cl)cc2Cl)c1Br. The Hall–Kier alpha value is -1.04. The summed E-state index contributed by atoms with van der Waals surface area (Å²) in [6, 6.07) is 5.51. The van der Waals surface area contributed by atoms with Crippen molar-refractivity contribution in [2.24, 2.45) is 0 Å². The predicted octanol–water partition coefficient (Wildman–Crippen LogP) is 4.24. The highest BCUT2D eigenvalue weighted by atomic mass is 79.9. The standard InChI is InChI=1S/C13H13BrCl2N4/c1-17-12-11(14)13(20-7-19-12)18-5-4-8-2-3-9(15)6-10(8)16/h2-3,6-7H,4-5H2,1H3,(H2,17,18,19,20). The van der Waals surface area contributed by atoms with Gasteiger partial charge in [-0.1, -0.05) is 29.3 Å². The maximum Gasteiger partial charge on any atom is 0.145 e. The van der Waals surface area contributed by atoms with Crippen LogP contribution in [0.3, 0.4) is 0 Å². The van der Waals surface area contributed by atoms with Crippen LogP contribution in [0.2, 0.25) is 10.0 Å². The second-order valence-electron chi connectivity index (χ2n) is 4.05. The van der Waals surface area contributed by atoms with Crippen LogP contribution in [0.4, 0.5) is 11.6 Å². The molecule has 0 saturated heterocycles. The summed E-state index contributed by atoms with van der Waals surface area (Å²) in [5, 5.41) is 7.55. The molecular weight excluding hydrogens is 363 g/mol. The molecule has 1 aromatic carbocycles. The Morgan fingerprint density at radius 3 is 2.65 bits per heavy atom. The van der Waals surface area contributed by atoms with E-state index in [2.05, 4.69) is 36.5 Å². The van der Waals surface area contributed by atoms with Crippen LogP contribution < -0.4 is 10.6 Å². The minimum absolute atomic E-state index is 0.643. The molecule has 0 unspecified atom stereocenters. The Kier molecular flexibility index (Phi) is 5.46. The van der Waals surface area contributed by atoms with Crippen LogP contribution in [0, 0.1) is 0 Å². The lowest BCUT2D eigenvalue weighted by Gasteiger charge is -2.10. The highest BCUT2D eigenvalue weighted by molar-refractivity contribution is 9.10. The molecule has 1 heterocycles. The van der Waals surface area contributed by atoms with Crippen molar-refractivity contribution in [2.75, 3.05) is 24.2 Å². The molecule has 0 radical (unpaired) electrons. The van der Waals surface area contributed by atoms with E-state index in [0.717, 1.165) is 28.1 Å². The van der Waals surface area contributed by atoms with Crippen LogP contribution in [0.15, 0.2) is 29.0 Å². The van der Waals surface area contributed by atoms with Crippen LogP contribution in [0.1, 0.15) is 5.56 Å². The first-order chi connectivity index (χ1) is 9.61. The molecule has 2 N–H and O–H groups in total. The van der Waals surface area contributed by atoms with Crippen molar-refractivity contribution in [3.8, 4) is 0 Å². The van der Waals surface area contributed by atoms with E-state index in [1.807, 2.05) is 19.2 Å². The first-order valence-electron chi connectivity index (χ1n) is 5.98. The van der Waals surface area contributed by atoms with E-state index in [0.29, 0.717) is 16.6 Å². The number of anilines is 2. The second kappa shape index (κ2) is 7.11. The molecule has 2 rings (SSSR count). The molecule has 0 aliphatic heterocycles. The van der Waals surface area contributed by atoms with Gasteiger partial charge in [0.15, 0.2) is 0 Å². The topological polar surface area (TPSA) is 49.8 Å². The third kappa shape index (κ3) is 3.75. The van der Waals surface area contributed by atoms with E-state index < -0.39 is 0 Å². The zero-order chi connectivity index (χ0) is 14.5. The molecule has 0 aliphatic carbocycles. The summed E-state index contributed by atoms with van der Waals surface area (Å²) < 4.78 is 0.810. The largest absolute Gasteiger partial charge is 0.372 e. The van der Waals surface area contributed by atoms with E-state index in [-0.39, 0.29) is 0 Å². The molecule has 2 aromatic rings. The van der Waals surface area contributed by atoms with Gasteiger partial charge in [0.1, 0.15) is 22.4 Å². The van der Waals surface area contributed by atoms with Crippen molar-refractivity contribution in [2.45, 2.75) is 6.42 Å². The van der Waals surface area contributed by atoms with E-state index in [1.165, 1.54) is 6.33 Å². The lowest BCUT2D eigenvalue weighted by atomic mass is 10.1. The van der Waals surface area contributed by atoms with Gasteiger partial charge in [0.2, 0.25) is 0 Å². The van der Waals surface area contributed by atoms with Crippen molar-refractivity contribution in [1.29, 1.82) is 0 Å². The van der Waals surface area contributed by atoms with E-state index in [1.54, 1.807) is 6.07 Å². The molecule has 7 heteroatoms. The Morgan fingerprint density at radius 1 is 1.20 bits per heavy atom. The minimum atomic E-state index is 0.643. The number of hydrogen-bond donors (Lipinski definition) is 2. The average molecular weight is 376 g/mol. The normalized spacial score (nSPS) is 10.4. The molecule has 106 valence electrons. The molecule has 0 bridgehead atoms. The Morgan fingerprint density at radius 2 is 1.95 bits per heavy atom. The highest BCUT2D eigenvalue weighted by Crippen LogP contribution is 2.26. The molecule has 1 aromatic heterocycles. The minimum Gasteiger partial charge on any atom is -0.372 e. The number of hydrogen-bond acceptors (Lipinski definition) is 4. The summed E-state index contributed by atoms with van der Waals surface area (Å²) >= 11 is 15.5. The predicted molar refractivity (Wildman–Crippen MR) is 87.9 cm³/mol. The van der Waals surface area contributed by atoms with Gasteiger partial charge in [-0.25, -0.2) is 9.97 Å². The molecule has 0 aliphatic rings. The molecule has 0 saturated carbocycles. The summed E-state index contributed by atoms with van der Waals surface area (Å²) in [7, 11) is 1.81. The van der Waals surface area contributed by atoms with E-state index in [9.17, 15) is 0 Å². The number of benzene rings is 1. The summed E-state index contributed by atoms with van der Waals surface area (Å²) in [5.41, 5.74) is 1.04. The number of rotatable bonds is 5. The molecule has 4 nitrogen and oxygen atoms in total. The third-order valence-electron chi connectivity index (χ3n) is 2.73. The Labute approximate surface area is 136 Å². The molecule has 0 spiro atoms. The molecule has 0 amide bonds. The van der Waals surface area contributed by atoms with E-state index in [4.69, 9.17) is 23.2 Å². The summed E-state index contributed by atoms with van der Waals surface area (Å²) in [6.07, 6.45) is 2.29. The number of aromatic nitrogens is 2. The first-order valence-corrected chi connectivity index (χ1v) is 7.52. The Balaban J connectivity index is 1.99. The van der Waals surface area contributed by atoms with Gasteiger partial charge in [0, 0.05) is 23.6 Å². The zero-order valence-corrected chi connectivity index (χ0v) is 13.8. The second-order valence-corrected chi connectivity index (χ2v) is 5.68. The fourth-order valence-corrected chi connectivity index (χ4v) is 2.75. The van der Waals surface area contributed by atoms with Gasteiger partial charge >= 0.3 is 0 Å². The molecule has 20 heavy (non-hydrogen) atoms. The smallest absolute Gasteiger partial charge is 0.145 e. The summed E-state index contributed by atoms with van der Waals surface area (Å²) in [4.78, 5) is 8.29. The van der Waals surface area contributed by atoms with Gasteiger partial charge in [0.05, 0.1) is 0 Å². The van der Waals surface area contributed by atoms with Crippen LogP contribution >= 0.6 is 39.1 Å². The van der Waals surface area contributed by atoms with Gasteiger partial charge < -0.3 is 10.6 Å². The van der Waals surface area contributed by atoms with Crippen molar-refractivity contribution < 1.29 is 0 Å². The van der Waals surface area contributed by atoms with E-state index >= 15 is 0 Å². The lowest BCUT2D eigenvalue weighted by molar-refractivity contribution is 0.996. The molecular formula is C13H13BrCl2N4. The van der Waals surface area contributed by atoms with Gasteiger partial charge in [-0.15, -0.1) is 0 Å². The zero-order valence-electron chi connectivity index (χ0n) is 10.8. The van der Waals surface area contributed by atoms with Crippen molar-refractivity contribution in [3.05, 3.63) is 44.6 Å². The molecule has 0 atom stereocenters. The monoisotopic (exact) mass is 374 g/mol. The average Bonchev–Trinajstić information content (AvgIpc) is 2.43. The van der Waals surface area contributed by atoms with Crippen LogP contribution in [0.5, 0.6) is 0 Å². The number of halogens is 3. The fourth-order valence-electron chi connectivity index (χ4n) is 1.71. The first kappa shape index (κ1) is 15.4. The van der Waals surface area contributed by atoms with Gasteiger partial charge in [-0.2, -0.15) is 0 Å². The number of nitrogens with zero attached hydrogens (tertiary/aromatic N) is 2. The van der Waals surface area contributed by atoms with Crippen LogP contribution in [0.25, 0.3) is 0 Å². The highest BCUT2D eigenvalue weighted by Gasteiger charge is 2.07. The molecule has 0 fully saturated rings. The number of nitrogens with one attached hydrogen (secondary N) is 2. The summed E-state index contributed by atoms with van der Waals surface area (Å²) in [6.45, 7) is 0.708. The summed E-state index contributed by atoms with van der Waals surface area (Å²) in [5.74, 6) is 1.49. The van der Waals surface area contributed by atoms with Crippen LogP contribution in [-0.4, -0.2) is 23.6 Å². The third-order valence-corrected chi connectivity index (χ3v) is 4.07. The maximum absolute atomic E-state index is 6.13. The lowest BCUT2D eigenvalue weighted by Crippen LogP contribution is -2.08. The maximum atomic E-state index is 6.13. The van der Waals surface area contributed by atoms with Crippen LogP contribution in [-0.2, 0) is 6.42 Å². The Bertz CT molecular complexity index is 607. The van der Waals surface area contributed by atoms with Crippen molar-refractivity contribution in [3.63, 3.8) is 0 Å². The fraction of sp³-hybridized carbons (Fsp3) is 0.231. The van der Waals surface area contributed by atoms with Crippen molar-refractivity contribution in [1.82, 2.24) is 9.97 Å². The van der Waals surface area contributed by atoms with Crippen molar-refractivity contribution >= 4 is 50.8 Å². The van der Waals surface area contributed by atoms with Gasteiger partial charge in [0.25, 0.3) is 0 Å². The van der Waals surface area contributed by atoms with Gasteiger partial charge in [-0.3, -0.25) is 0 Å². The van der Waals surface area contributed by atoms with Gasteiger partial charge in [-0.05, 0) is 40.0 Å².